The van der Waals surface area contributed by atoms with E-state index in [1.54, 1.807) is 0 Å². The van der Waals surface area contributed by atoms with Crippen molar-refractivity contribution in [1.82, 2.24) is 0 Å². The number of hydrogen-bond donors (Lipinski definition) is 2. The molecule has 0 saturated heterocycles. The summed E-state index contributed by atoms with van der Waals surface area (Å²) in [6.07, 6.45) is 0. The molecule has 0 bridgehead atoms. The van der Waals surface area contributed by atoms with E-state index in [9.17, 15) is 18.0 Å². The first-order valence-electron chi connectivity index (χ1n) is 4.31. The zero-order valence-corrected chi connectivity index (χ0v) is 10.2. The zero-order chi connectivity index (χ0) is 13.2. The second-order valence-electron chi connectivity index (χ2n) is 3.14. The summed E-state index contributed by atoms with van der Waals surface area (Å²) >= 11 is 0. The maximum atomic E-state index is 11.1. The number of aromatic carboxylic acids is 1. The lowest BCUT2D eigenvalue weighted by Gasteiger charge is -2.06. The van der Waals surface area contributed by atoms with E-state index >= 15 is 0 Å². The Balaban J connectivity index is 3.37. The molecule has 0 aliphatic carbocycles. The fourth-order valence-electron chi connectivity index (χ4n) is 1.19. The topological polar surface area (TPSA) is 101 Å². The van der Waals surface area contributed by atoms with Crippen LogP contribution in [0.4, 0.5) is 5.69 Å². The summed E-state index contributed by atoms with van der Waals surface area (Å²) in [5.74, 6) is -1.85. The molecule has 0 radical (unpaired) electrons. The van der Waals surface area contributed by atoms with E-state index in [1.807, 2.05) is 0 Å². The van der Waals surface area contributed by atoms with E-state index in [1.165, 1.54) is 13.0 Å². The number of carboxylic acid groups (broad SMARTS) is 1. The standard InChI is InChI=1S/C9H8ClNO5S/c1-5(12)11-6-2-3-8(17(10,15)16)7(4-6)9(13)14/h2-4H,1H3,(H,11,12)(H,13,14). The Morgan fingerprint density at radius 2 is 1.94 bits per heavy atom. The van der Waals surface area contributed by atoms with Crippen molar-refractivity contribution in [2.45, 2.75) is 11.8 Å². The molecule has 0 spiro atoms. The first kappa shape index (κ1) is 13.5. The third kappa shape index (κ3) is 3.43. The molecule has 6 nitrogen and oxygen atoms in total. The van der Waals surface area contributed by atoms with Crippen molar-refractivity contribution in [2.24, 2.45) is 0 Å². The van der Waals surface area contributed by atoms with Crippen LogP contribution < -0.4 is 5.32 Å². The lowest BCUT2D eigenvalue weighted by Crippen LogP contribution is -2.09. The van der Waals surface area contributed by atoms with Crippen molar-refractivity contribution < 1.29 is 23.1 Å². The van der Waals surface area contributed by atoms with Crippen molar-refractivity contribution >= 4 is 37.3 Å². The van der Waals surface area contributed by atoms with Gasteiger partial charge in [0.05, 0.1) is 10.5 Å². The van der Waals surface area contributed by atoms with Gasteiger partial charge < -0.3 is 10.4 Å². The van der Waals surface area contributed by atoms with Gasteiger partial charge in [-0.2, -0.15) is 0 Å². The summed E-state index contributed by atoms with van der Waals surface area (Å²) in [5.41, 5.74) is -0.315. The number of rotatable bonds is 3. The molecule has 2 N–H and O–H groups in total. The Kier molecular flexibility index (Phi) is 3.74. The Bertz CT molecular complexity index is 581. The predicted molar refractivity (Wildman–Crippen MR) is 60.7 cm³/mol. The van der Waals surface area contributed by atoms with Gasteiger partial charge in [-0.3, -0.25) is 4.79 Å². The van der Waals surface area contributed by atoms with Crippen LogP contribution >= 0.6 is 10.7 Å². The number of halogens is 1. The second-order valence-corrected chi connectivity index (χ2v) is 5.67. The highest BCUT2D eigenvalue weighted by Gasteiger charge is 2.20. The van der Waals surface area contributed by atoms with Crippen LogP contribution in [0, 0.1) is 0 Å². The van der Waals surface area contributed by atoms with Crippen molar-refractivity contribution in [3.63, 3.8) is 0 Å². The molecular weight excluding hydrogens is 270 g/mol. The number of nitrogens with one attached hydrogen (secondary N) is 1. The number of anilines is 1. The Morgan fingerprint density at radius 1 is 1.35 bits per heavy atom. The van der Waals surface area contributed by atoms with E-state index in [2.05, 4.69) is 5.32 Å². The third-order valence-electron chi connectivity index (χ3n) is 1.79. The average molecular weight is 278 g/mol. The quantitative estimate of drug-likeness (QED) is 0.810. The minimum Gasteiger partial charge on any atom is -0.478 e. The van der Waals surface area contributed by atoms with Crippen LogP contribution in [0.1, 0.15) is 17.3 Å². The molecule has 92 valence electrons. The van der Waals surface area contributed by atoms with Crippen molar-refractivity contribution in [3.05, 3.63) is 23.8 Å². The largest absolute Gasteiger partial charge is 0.478 e. The van der Waals surface area contributed by atoms with Gasteiger partial charge in [0.2, 0.25) is 5.91 Å². The zero-order valence-electron chi connectivity index (χ0n) is 8.60. The molecule has 0 saturated carbocycles. The van der Waals surface area contributed by atoms with Crippen LogP contribution in [0.25, 0.3) is 0 Å². The van der Waals surface area contributed by atoms with Gasteiger partial charge in [0.1, 0.15) is 0 Å². The van der Waals surface area contributed by atoms with Crippen LogP contribution in [0.5, 0.6) is 0 Å². The van der Waals surface area contributed by atoms with Crippen LogP contribution in [0.2, 0.25) is 0 Å². The summed E-state index contributed by atoms with van der Waals surface area (Å²) < 4.78 is 22.2. The number of carbonyl (C=O) groups is 2. The SMILES string of the molecule is CC(=O)Nc1ccc(S(=O)(=O)Cl)c(C(=O)O)c1. The molecule has 1 aromatic rings. The Labute approximate surface area is 102 Å². The van der Waals surface area contributed by atoms with Crippen molar-refractivity contribution in [2.75, 3.05) is 5.32 Å². The lowest BCUT2D eigenvalue weighted by molar-refractivity contribution is -0.114. The first-order chi connectivity index (χ1) is 7.71. The summed E-state index contributed by atoms with van der Waals surface area (Å²) in [6, 6.07) is 3.30. The van der Waals surface area contributed by atoms with E-state index in [0.29, 0.717) is 0 Å². The smallest absolute Gasteiger partial charge is 0.337 e. The van der Waals surface area contributed by atoms with Gasteiger partial charge in [0, 0.05) is 23.3 Å². The van der Waals surface area contributed by atoms with Gasteiger partial charge in [0.25, 0.3) is 9.05 Å². The number of hydrogen-bond acceptors (Lipinski definition) is 4. The summed E-state index contributed by atoms with van der Waals surface area (Å²) in [6.45, 7) is 1.24. The second kappa shape index (κ2) is 4.72. The molecule has 1 aromatic carbocycles. The fraction of sp³-hybridized carbons (Fsp3) is 0.111. The maximum Gasteiger partial charge on any atom is 0.337 e. The molecular formula is C9H8ClNO5S. The molecule has 0 fully saturated rings. The summed E-state index contributed by atoms with van der Waals surface area (Å²) in [7, 11) is 0.942. The van der Waals surface area contributed by atoms with Gasteiger partial charge in [-0.25, -0.2) is 13.2 Å². The molecule has 0 atom stereocenters. The molecule has 0 aromatic heterocycles. The molecule has 1 rings (SSSR count). The molecule has 17 heavy (non-hydrogen) atoms. The van der Waals surface area contributed by atoms with Crippen molar-refractivity contribution in [1.29, 1.82) is 0 Å². The maximum absolute atomic E-state index is 11.1. The number of carbonyl (C=O) groups excluding carboxylic acids is 1. The van der Waals surface area contributed by atoms with Gasteiger partial charge in [-0.05, 0) is 18.2 Å². The van der Waals surface area contributed by atoms with E-state index < -0.39 is 31.4 Å². The Hall–Kier alpha value is -1.60. The number of carboxylic acids is 1. The normalized spacial score (nSPS) is 10.9. The van der Waals surface area contributed by atoms with Crippen LogP contribution in [0.15, 0.2) is 23.1 Å². The van der Waals surface area contributed by atoms with Crippen LogP contribution in [0.3, 0.4) is 0 Å². The first-order valence-corrected chi connectivity index (χ1v) is 6.62. The van der Waals surface area contributed by atoms with Gasteiger partial charge >= 0.3 is 5.97 Å². The third-order valence-corrected chi connectivity index (χ3v) is 3.17. The summed E-state index contributed by atoms with van der Waals surface area (Å²) in [5, 5.41) is 11.2. The lowest BCUT2D eigenvalue weighted by atomic mass is 10.2. The van der Waals surface area contributed by atoms with Gasteiger partial charge in [-0.15, -0.1) is 0 Å². The average Bonchev–Trinajstić information content (AvgIpc) is 2.14. The Morgan fingerprint density at radius 3 is 2.35 bits per heavy atom. The predicted octanol–water partition coefficient (Wildman–Crippen LogP) is 1.27. The highest BCUT2D eigenvalue weighted by atomic mass is 35.7. The van der Waals surface area contributed by atoms with E-state index in [0.717, 1.165) is 12.1 Å². The fourth-order valence-corrected chi connectivity index (χ4v) is 2.23. The summed E-state index contributed by atoms with van der Waals surface area (Å²) in [4.78, 5) is 21.1. The number of amides is 1. The molecule has 0 heterocycles. The minimum atomic E-state index is -4.15. The monoisotopic (exact) mass is 277 g/mol. The molecule has 8 heteroatoms. The molecule has 1 amide bonds. The van der Waals surface area contributed by atoms with Crippen LogP contribution in [-0.4, -0.2) is 25.4 Å². The van der Waals surface area contributed by atoms with Crippen LogP contribution in [-0.2, 0) is 13.8 Å². The molecule has 0 unspecified atom stereocenters. The number of benzene rings is 1. The van der Waals surface area contributed by atoms with Crippen molar-refractivity contribution in [3.8, 4) is 0 Å². The van der Waals surface area contributed by atoms with Gasteiger partial charge in [0.15, 0.2) is 0 Å². The van der Waals surface area contributed by atoms with Gasteiger partial charge in [-0.1, -0.05) is 0 Å². The highest BCUT2D eigenvalue weighted by molar-refractivity contribution is 8.13. The molecule has 0 aliphatic heterocycles. The minimum absolute atomic E-state index is 0.180. The van der Waals surface area contributed by atoms with E-state index in [-0.39, 0.29) is 5.69 Å². The highest BCUT2D eigenvalue weighted by Crippen LogP contribution is 2.23. The molecule has 0 aliphatic rings. The van der Waals surface area contributed by atoms with E-state index in [4.69, 9.17) is 15.8 Å².